The number of allylic oxidation sites excluding steroid dienone is 3. The molecule has 3 heterocycles. The van der Waals surface area contributed by atoms with E-state index >= 15 is 0 Å². The van der Waals surface area contributed by atoms with E-state index in [1.807, 2.05) is 6.08 Å². The first-order valence-electron chi connectivity index (χ1n) is 37.1. The highest BCUT2D eigenvalue weighted by atomic mass is 16.8. The van der Waals surface area contributed by atoms with E-state index in [-0.39, 0.29) is 18.9 Å². The van der Waals surface area contributed by atoms with Crippen LogP contribution in [-0.4, -0.2) is 193 Å². The summed E-state index contributed by atoms with van der Waals surface area (Å²) < 4.78 is 34.1. The van der Waals surface area contributed by atoms with Gasteiger partial charge in [0, 0.05) is 6.42 Å². The third-order valence-corrected chi connectivity index (χ3v) is 18.7. The summed E-state index contributed by atoms with van der Waals surface area (Å²) in [6.07, 6.45) is 37.4. The van der Waals surface area contributed by atoms with Gasteiger partial charge in [-0.05, 0) is 44.9 Å². The van der Waals surface area contributed by atoms with Crippen LogP contribution in [0.5, 0.6) is 0 Å². The molecule has 91 heavy (non-hydrogen) atoms. The Labute approximate surface area is 549 Å². The average Bonchev–Trinajstić information content (AvgIpc) is 0.840. The molecule has 536 valence electrons. The zero-order valence-electron chi connectivity index (χ0n) is 56.8. The van der Waals surface area contributed by atoms with Gasteiger partial charge in [-0.2, -0.15) is 0 Å². The Bertz CT molecular complexity index is 1750. The lowest BCUT2D eigenvalue weighted by Gasteiger charge is -2.48. The molecule has 0 radical (unpaired) electrons. The number of carbonyl (C=O) groups excluding carboxylic acids is 1. The highest BCUT2D eigenvalue weighted by molar-refractivity contribution is 5.76. The van der Waals surface area contributed by atoms with Gasteiger partial charge >= 0.3 is 0 Å². The Morgan fingerprint density at radius 1 is 0.385 bits per heavy atom. The second-order valence-electron chi connectivity index (χ2n) is 26.8. The van der Waals surface area contributed by atoms with E-state index in [1.165, 1.54) is 225 Å². The number of nitrogens with one attached hydrogen (secondary N) is 1. The monoisotopic (exact) mass is 1300 g/mol. The van der Waals surface area contributed by atoms with Crippen LogP contribution in [0.1, 0.15) is 296 Å². The SMILES string of the molecule is CCCCC/C=C/C(O)C(COC1OC(CO)C(OC2OC(CO)C(OC3OC(CO)C(O)C(O)C3O)C(O)C2O)C(O)C1O)NC(=O)CCCCCCCCCCCCCCCCCCCCCCCCCCCCCCC/C=C\CCCCCCCCCC. The Morgan fingerprint density at radius 2 is 0.692 bits per heavy atom. The number of hydrogen-bond donors (Lipinski definition) is 12. The van der Waals surface area contributed by atoms with Crippen molar-refractivity contribution < 1.29 is 89.4 Å². The molecule has 3 fully saturated rings. The molecular weight excluding hydrogens is 1170 g/mol. The average molecular weight is 1300 g/mol. The zero-order valence-corrected chi connectivity index (χ0v) is 56.8. The third-order valence-electron chi connectivity index (χ3n) is 18.7. The molecule has 0 aromatic carbocycles. The molecule has 17 unspecified atom stereocenters. The summed E-state index contributed by atoms with van der Waals surface area (Å²) in [5.74, 6) is -0.278. The summed E-state index contributed by atoms with van der Waals surface area (Å²) in [6, 6.07) is -0.966. The number of hydrogen-bond acceptors (Lipinski definition) is 18. The summed E-state index contributed by atoms with van der Waals surface area (Å²) in [4.78, 5) is 13.3. The van der Waals surface area contributed by atoms with Crippen molar-refractivity contribution >= 4 is 5.91 Å². The molecule has 0 aliphatic carbocycles. The number of aliphatic hydroxyl groups is 11. The Kier molecular flexibility index (Phi) is 49.8. The fourth-order valence-corrected chi connectivity index (χ4v) is 12.7. The van der Waals surface area contributed by atoms with Gasteiger partial charge in [-0.1, -0.05) is 269 Å². The molecule has 3 saturated heterocycles. The van der Waals surface area contributed by atoms with Crippen LogP contribution in [-0.2, 0) is 33.2 Å². The lowest BCUT2D eigenvalue weighted by molar-refractivity contribution is -0.379. The largest absolute Gasteiger partial charge is 0.394 e. The molecule has 0 saturated carbocycles. The van der Waals surface area contributed by atoms with Crippen LogP contribution in [0.4, 0.5) is 0 Å². The fourth-order valence-electron chi connectivity index (χ4n) is 12.7. The van der Waals surface area contributed by atoms with Crippen molar-refractivity contribution in [3.63, 3.8) is 0 Å². The maximum absolute atomic E-state index is 13.3. The lowest BCUT2D eigenvalue weighted by atomic mass is 9.96. The summed E-state index contributed by atoms with van der Waals surface area (Å²) >= 11 is 0. The van der Waals surface area contributed by atoms with Gasteiger partial charge in [-0.3, -0.25) is 4.79 Å². The molecule has 19 nitrogen and oxygen atoms in total. The van der Waals surface area contributed by atoms with Crippen molar-refractivity contribution in [1.29, 1.82) is 0 Å². The van der Waals surface area contributed by atoms with Crippen molar-refractivity contribution in [2.45, 2.75) is 401 Å². The van der Waals surface area contributed by atoms with E-state index in [1.54, 1.807) is 6.08 Å². The number of unbranched alkanes of at least 4 members (excludes halogenated alkanes) is 40. The first-order valence-corrected chi connectivity index (χ1v) is 37.1. The molecule has 19 heteroatoms. The third kappa shape index (κ3) is 35.9. The first-order chi connectivity index (χ1) is 44.3. The second kappa shape index (κ2) is 54.3. The van der Waals surface area contributed by atoms with Crippen LogP contribution in [0.3, 0.4) is 0 Å². The standard InChI is InChI=1S/C72H135NO18/c1-3-5-7-9-10-11-12-13-14-15-16-17-18-19-20-21-22-23-24-25-26-27-28-29-30-31-32-33-34-35-36-37-38-39-40-41-42-43-44-46-48-50-60(78)73-55(56(77)49-47-45-8-6-4-2)54-86-70-66(84)63(81)68(58(52-75)88-70)91-72-67(85)64(82)69(59(53-76)89-72)90-71-65(83)62(80)61(79)57(51-74)87-71/h15-16,47,49,55-59,61-72,74-77,79-85H,3-14,17-46,48,50-54H2,1-2H3,(H,73,78)/b16-15-,49-47+. The predicted molar refractivity (Wildman–Crippen MR) is 356 cm³/mol. The molecule has 3 aliphatic rings. The molecule has 0 spiro atoms. The number of rotatable bonds is 58. The van der Waals surface area contributed by atoms with Crippen molar-refractivity contribution in [3.8, 4) is 0 Å². The van der Waals surface area contributed by atoms with Crippen LogP contribution in [0.25, 0.3) is 0 Å². The number of amides is 1. The quantitative estimate of drug-likeness (QED) is 0.0199. The molecule has 3 aliphatic heterocycles. The number of carbonyl (C=O) groups is 1. The number of aliphatic hydroxyl groups excluding tert-OH is 11. The summed E-state index contributed by atoms with van der Waals surface area (Å²) in [6.45, 7) is 1.62. The molecular formula is C72H135NO18. The Balaban J connectivity index is 1.19. The fraction of sp³-hybridized carbons (Fsp3) is 0.931. The Hall–Kier alpha value is -1.73. The first kappa shape index (κ1) is 83.5. The van der Waals surface area contributed by atoms with Crippen LogP contribution in [0, 0.1) is 0 Å². The maximum atomic E-state index is 13.3. The van der Waals surface area contributed by atoms with Crippen LogP contribution in [0.15, 0.2) is 24.3 Å². The predicted octanol–water partition coefficient (Wildman–Crippen LogP) is 10.6. The van der Waals surface area contributed by atoms with Gasteiger partial charge in [-0.15, -0.1) is 0 Å². The maximum Gasteiger partial charge on any atom is 0.220 e. The van der Waals surface area contributed by atoms with Crippen LogP contribution >= 0.6 is 0 Å². The lowest BCUT2D eigenvalue weighted by Crippen LogP contribution is -2.66. The molecule has 0 aromatic heterocycles. The smallest absolute Gasteiger partial charge is 0.220 e. The van der Waals surface area contributed by atoms with Crippen LogP contribution in [0.2, 0.25) is 0 Å². The van der Waals surface area contributed by atoms with E-state index in [0.29, 0.717) is 6.42 Å². The van der Waals surface area contributed by atoms with E-state index in [9.17, 15) is 61.0 Å². The van der Waals surface area contributed by atoms with Gasteiger partial charge in [0.15, 0.2) is 18.9 Å². The summed E-state index contributed by atoms with van der Waals surface area (Å²) in [5, 5.41) is 120. The van der Waals surface area contributed by atoms with Crippen LogP contribution < -0.4 is 5.32 Å². The van der Waals surface area contributed by atoms with Gasteiger partial charge in [-0.25, -0.2) is 0 Å². The second-order valence-corrected chi connectivity index (χ2v) is 26.8. The Morgan fingerprint density at radius 3 is 1.09 bits per heavy atom. The minimum atomic E-state index is -1.97. The van der Waals surface area contributed by atoms with Gasteiger partial charge in [0.1, 0.15) is 73.2 Å². The minimum Gasteiger partial charge on any atom is -0.394 e. The van der Waals surface area contributed by atoms with Gasteiger partial charge in [0.05, 0.1) is 38.6 Å². The van der Waals surface area contributed by atoms with Crippen molar-refractivity contribution in [1.82, 2.24) is 5.32 Å². The normalized spacial score (nSPS) is 27.9. The highest BCUT2D eigenvalue weighted by Crippen LogP contribution is 2.33. The molecule has 12 N–H and O–H groups in total. The molecule has 0 bridgehead atoms. The van der Waals surface area contributed by atoms with Gasteiger partial charge < -0.3 is 89.9 Å². The molecule has 3 rings (SSSR count). The molecule has 17 atom stereocenters. The van der Waals surface area contributed by atoms with E-state index in [0.717, 1.165) is 44.9 Å². The zero-order chi connectivity index (χ0) is 66.1. The number of ether oxygens (including phenoxy) is 6. The minimum absolute atomic E-state index is 0.247. The van der Waals surface area contributed by atoms with Crippen molar-refractivity contribution in [2.24, 2.45) is 0 Å². The summed E-state index contributed by atoms with van der Waals surface area (Å²) in [5.41, 5.74) is 0. The topological polar surface area (TPSA) is 307 Å². The van der Waals surface area contributed by atoms with E-state index in [4.69, 9.17) is 28.4 Å². The van der Waals surface area contributed by atoms with Crippen molar-refractivity contribution in [2.75, 3.05) is 26.4 Å². The van der Waals surface area contributed by atoms with E-state index in [2.05, 4.69) is 31.3 Å². The molecule has 0 aromatic rings. The van der Waals surface area contributed by atoms with Crippen molar-refractivity contribution in [3.05, 3.63) is 24.3 Å². The van der Waals surface area contributed by atoms with Gasteiger partial charge in [0.25, 0.3) is 0 Å². The molecule has 1 amide bonds. The van der Waals surface area contributed by atoms with Gasteiger partial charge in [0.2, 0.25) is 5.91 Å². The summed E-state index contributed by atoms with van der Waals surface area (Å²) in [7, 11) is 0. The van der Waals surface area contributed by atoms with E-state index < -0.39 is 124 Å². The highest BCUT2D eigenvalue weighted by Gasteiger charge is 2.53.